The number of amides is 1. The van der Waals surface area contributed by atoms with Crippen LogP contribution >= 0.6 is 0 Å². The minimum Gasteiger partial charge on any atom is -0.486 e. The molecule has 10 nitrogen and oxygen atoms in total. The van der Waals surface area contributed by atoms with Crippen molar-refractivity contribution in [2.24, 2.45) is 0 Å². The first-order valence-electron chi connectivity index (χ1n) is 7.33. The van der Waals surface area contributed by atoms with Crippen molar-refractivity contribution >= 4 is 21.6 Å². The van der Waals surface area contributed by atoms with Gasteiger partial charge in [0.2, 0.25) is 0 Å². The monoisotopic (exact) mass is 379 g/mol. The minimum absolute atomic E-state index is 0.167. The highest BCUT2D eigenvalue weighted by Gasteiger charge is 2.19. The number of hydrogen-bond donors (Lipinski definition) is 2. The molecular formula is C15H13N3O7S. The van der Waals surface area contributed by atoms with Gasteiger partial charge >= 0.3 is 0 Å². The van der Waals surface area contributed by atoms with Crippen LogP contribution in [0.1, 0.15) is 10.4 Å². The van der Waals surface area contributed by atoms with E-state index in [1.807, 2.05) is 4.83 Å². The van der Waals surface area contributed by atoms with Gasteiger partial charge in [0.25, 0.3) is 21.6 Å². The SMILES string of the molecule is O=C(NNS(=O)(=O)c1ccc([N+](=O)[O-])cc1)c1ccc2c(c1)OCCO2. The maximum Gasteiger partial charge on any atom is 0.269 e. The normalized spacial score (nSPS) is 13.1. The molecule has 0 saturated heterocycles. The van der Waals surface area contributed by atoms with Gasteiger partial charge in [-0.05, 0) is 30.3 Å². The quantitative estimate of drug-likeness (QED) is 0.584. The Kier molecular flexibility index (Phi) is 4.73. The summed E-state index contributed by atoms with van der Waals surface area (Å²) >= 11 is 0. The first-order chi connectivity index (χ1) is 12.4. The van der Waals surface area contributed by atoms with Gasteiger partial charge in [0.15, 0.2) is 11.5 Å². The number of benzene rings is 2. The van der Waals surface area contributed by atoms with Gasteiger partial charge in [-0.1, -0.05) is 0 Å². The molecule has 2 aromatic carbocycles. The van der Waals surface area contributed by atoms with Crippen LogP contribution in [-0.4, -0.2) is 32.5 Å². The van der Waals surface area contributed by atoms with E-state index in [0.29, 0.717) is 24.7 Å². The highest BCUT2D eigenvalue weighted by atomic mass is 32.2. The maximum atomic E-state index is 12.1. The Morgan fingerprint density at radius 2 is 1.69 bits per heavy atom. The molecule has 0 saturated carbocycles. The number of nitro groups is 1. The van der Waals surface area contributed by atoms with Gasteiger partial charge in [-0.25, -0.2) is 8.42 Å². The Bertz CT molecular complexity index is 958. The summed E-state index contributed by atoms with van der Waals surface area (Å²) in [5, 5.41) is 10.6. The number of hydrazine groups is 1. The standard InChI is InChI=1S/C15H13N3O7S/c19-15(10-1-6-13-14(9-10)25-8-7-24-13)16-17-26(22,23)12-4-2-11(3-5-12)18(20)21/h1-6,9,17H,7-8H2,(H,16,19). The van der Waals surface area contributed by atoms with E-state index in [1.165, 1.54) is 12.1 Å². The first-order valence-corrected chi connectivity index (χ1v) is 8.81. The number of rotatable bonds is 5. The summed E-state index contributed by atoms with van der Waals surface area (Å²) in [5.41, 5.74) is 2.00. The Hall–Kier alpha value is -3.18. The predicted octanol–water partition coefficient (Wildman–Crippen LogP) is 0.989. The summed E-state index contributed by atoms with van der Waals surface area (Å²) in [6.07, 6.45) is 0. The summed E-state index contributed by atoms with van der Waals surface area (Å²) in [7, 11) is -4.08. The van der Waals surface area contributed by atoms with Crippen LogP contribution in [0.5, 0.6) is 11.5 Å². The molecule has 11 heteroatoms. The number of nitrogens with zero attached hydrogens (tertiary/aromatic N) is 1. The number of non-ortho nitro benzene ring substituents is 1. The number of ether oxygens (including phenoxy) is 2. The Balaban J connectivity index is 1.69. The van der Waals surface area contributed by atoms with Gasteiger partial charge in [-0.3, -0.25) is 20.3 Å². The van der Waals surface area contributed by atoms with Crippen molar-refractivity contribution in [2.75, 3.05) is 13.2 Å². The van der Waals surface area contributed by atoms with Crippen molar-refractivity contribution in [1.29, 1.82) is 0 Å². The van der Waals surface area contributed by atoms with Crippen LogP contribution in [0.2, 0.25) is 0 Å². The van der Waals surface area contributed by atoms with Gasteiger partial charge < -0.3 is 9.47 Å². The second kappa shape index (κ2) is 6.98. The van der Waals surface area contributed by atoms with Crippen molar-refractivity contribution in [2.45, 2.75) is 4.90 Å². The Morgan fingerprint density at radius 3 is 2.35 bits per heavy atom. The molecule has 0 spiro atoms. The molecule has 1 aliphatic rings. The fourth-order valence-electron chi connectivity index (χ4n) is 2.18. The molecule has 0 fully saturated rings. The summed E-state index contributed by atoms with van der Waals surface area (Å²) in [6.45, 7) is 0.762. The molecule has 1 amide bonds. The second-order valence-electron chi connectivity index (χ2n) is 5.17. The topological polar surface area (TPSA) is 137 Å². The van der Waals surface area contributed by atoms with Crippen molar-refractivity contribution in [3.63, 3.8) is 0 Å². The number of carbonyl (C=O) groups excluding carboxylic acids is 1. The maximum absolute atomic E-state index is 12.1. The van der Waals surface area contributed by atoms with E-state index < -0.39 is 20.9 Å². The number of sulfonamides is 1. The molecule has 0 atom stereocenters. The Morgan fingerprint density at radius 1 is 1.04 bits per heavy atom. The fraction of sp³-hybridized carbons (Fsp3) is 0.133. The first kappa shape index (κ1) is 17.6. The zero-order valence-corrected chi connectivity index (χ0v) is 14.0. The summed E-state index contributed by atoms with van der Waals surface area (Å²) in [6, 6.07) is 8.68. The van der Waals surface area contributed by atoms with Crippen molar-refractivity contribution < 1.29 is 27.6 Å². The molecule has 0 aliphatic carbocycles. The number of carbonyl (C=O) groups is 1. The van der Waals surface area contributed by atoms with Crippen molar-refractivity contribution in [1.82, 2.24) is 10.3 Å². The number of nitro benzene ring substituents is 1. The molecule has 26 heavy (non-hydrogen) atoms. The van der Waals surface area contributed by atoms with Crippen LogP contribution in [0.3, 0.4) is 0 Å². The summed E-state index contributed by atoms with van der Waals surface area (Å²) < 4.78 is 35.0. The van der Waals surface area contributed by atoms with E-state index in [2.05, 4.69) is 5.43 Å². The lowest BCUT2D eigenvalue weighted by atomic mass is 10.2. The molecule has 0 aromatic heterocycles. The molecule has 2 aromatic rings. The largest absolute Gasteiger partial charge is 0.486 e. The minimum atomic E-state index is -4.08. The number of fused-ring (bicyclic) bond motifs is 1. The molecule has 1 aliphatic heterocycles. The molecule has 0 unspecified atom stereocenters. The van der Waals surface area contributed by atoms with E-state index >= 15 is 0 Å². The van der Waals surface area contributed by atoms with Crippen LogP contribution in [0.25, 0.3) is 0 Å². The number of hydrogen-bond acceptors (Lipinski definition) is 7. The smallest absolute Gasteiger partial charge is 0.269 e. The zero-order chi connectivity index (χ0) is 18.7. The number of nitrogens with one attached hydrogen (secondary N) is 2. The third kappa shape index (κ3) is 3.73. The van der Waals surface area contributed by atoms with Gasteiger partial charge in [-0.2, -0.15) is 0 Å². The molecule has 136 valence electrons. The van der Waals surface area contributed by atoms with E-state index in [9.17, 15) is 23.3 Å². The van der Waals surface area contributed by atoms with E-state index in [-0.39, 0.29) is 16.1 Å². The van der Waals surface area contributed by atoms with E-state index in [0.717, 1.165) is 24.3 Å². The lowest BCUT2D eigenvalue weighted by Gasteiger charge is -2.18. The van der Waals surface area contributed by atoms with E-state index in [4.69, 9.17) is 9.47 Å². The summed E-state index contributed by atoms with van der Waals surface area (Å²) in [5.74, 6) is 0.189. The lowest BCUT2D eigenvalue weighted by Crippen LogP contribution is -2.41. The van der Waals surface area contributed by atoms with Crippen LogP contribution in [0.15, 0.2) is 47.4 Å². The van der Waals surface area contributed by atoms with Crippen LogP contribution in [0.4, 0.5) is 5.69 Å². The zero-order valence-electron chi connectivity index (χ0n) is 13.2. The predicted molar refractivity (Wildman–Crippen MR) is 88.3 cm³/mol. The van der Waals surface area contributed by atoms with Gasteiger partial charge in [0, 0.05) is 17.7 Å². The highest BCUT2D eigenvalue weighted by molar-refractivity contribution is 7.89. The average molecular weight is 379 g/mol. The molecular weight excluding hydrogens is 366 g/mol. The average Bonchev–Trinajstić information content (AvgIpc) is 2.66. The molecule has 1 heterocycles. The summed E-state index contributed by atoms with van der Waals surface area (Å²) in [4.78, 5) is 23.8. The van der Waals surface area contributed by atoms with Crippen LogP contribution in [0, 0.1) is 10.1 Å². The third-order valence-corrected chi connectivity index (χ3v) is 4.72. The molecule has 0 bridgehead atoms. The fourth-order valence-corrected chi connectivity index (χ4v) is 3.02. The van der Waals surface area contributed by atoms with Crippen LogP contribution in [-0.2, 0) is 10.0 Å². The van der Waals surface area contributed by atoms with Crippen molar-refractivity contribution in [3.05, 3.63) is 58.1 Å². The van der Waals surface area contributed by atoms with Crippen LogP contribution < -0.4 is 19.7 Å². The third-order valence-electron chi connectivity index (χ3n) is 3.46. The highest BCUT2D eigenvalue weighted by Crippen LogP contribution is 2.30. The molecule has 0 radical (unpaired) electrons. The Labute approximate surface area is 147 Å². The van der Waals surface area contributed by atoms with E-state index in [1.54, 1.807) is 6.07 Å². The van der Waals surface area contributed by atoms with Crippen molar-refractivity contribution in [3.8, 4) is 11.5 Å². The molecule has 3 rings (SSSR count). The second-order valence-corrected chi connectivity index (χ2v) is 6.85. The molecule has 2 N–H and O–H groups in total. The van der Waals surface area contributed by atoms with Gasteiger partial charge in [0.05, 0.1) is 9.82 Å². The van der Waals surface area contributed by atoms with Gasteiger partial charge in [0.1, 0.15) is 13.2 Å². The lowest BCUT2D eigenvalue weighted by molar-refractivity contribution is -0.384. The van der Waals surface area contributed by atoms with Gasteiger partial charge in [-0.15, -0.1) is 4.83 Å².